The highest BCUT2D eigenvalue weighted by Gasteiger charge is 2.39. The second-order valence-corrected chi connectivity index (χ2v) is 8.36. The van der Waals surface area contributed by atoms with Gasteiger partial charge in [0, 0.05) is 19.0 Å². The fraction of sp³-hybridized carbons (Fsp3) is 0.591. The van der Waals surface area contributed by atoms with Gasteiger partial charge in [0.05, 0.1) is 5.69 Å². The number of piperidine rings is 2. The molecule has 0 spiro atoms. The molecule has 7 nitrogen and oxygen atoms in total. The molecule has 3 atom stereocenters. The summed E-state index contributed by atoms with van der Waals surface area (Å²) in [7, 11) is 0. The highest BCUT2D eigenvalue weighted by molar-refractivity contribution is 6.21. The maximum atomic E-state index is 12.6. The van der Waals surface area contributed by atoms with Gasteiger partial charge in [-0.25, -0.2) is 9.69 Å². The van der Waals surface area contributed by atoms with E-state index in [9.17, 15) is 14.4 Å². The van der Waals surface area contributed by atoms with Crippen LogP contribution in [0.3, 0.4) is 0 Å². The van der Waals surface area contributed by atoms with E-state index in [0.29, 0.717) is 30.6 Å². The van der Waals surface area contributed by atoms with Crippen molar-refractivity contribution in [2.45, 2.75) is 57.0 Å². The van der Waals surface area contributed by atoms with E-state index in [1.54, 1.807) is 24.3 Å². The molecule has 3 aliphatic rings. The quantitative estimate of drug-likeness (QED) is 0.721. The van der Waals surface area contributed by atoms with Crippen LogP contribution in [0, 0.1) is 5.92 Å². The molecule has 3 heterocycles. The third kappa shape index (κ3) is 4.45. The van der Waals surface area contributed by atoms with Crippen LogP contribution < -0.4 is 15.5 Å². The van der Waals surface area contributed by atoms with E-state index >= 15 is 0 Å². The second-order valence-electron chi connectivity index (χ2n) is 8.36. The standard InChI is InChI=1S/C22H30N4O3/c27-20(23-15-16-7-6-14-25-13-5-4-10-19(16)25)12-11-18-21(28)26(22(29)24-18)17-8-2-1-3-9-17/h1-3,8-9,16,18-19H,4-7,10-15H2,(H,23,27)(H,24,29)/t16-,18+,19+/m1/s1. The zero-order valence-corrected chi connectivity index (χ0v) is 16.8. The van der Waals surface area contributed by atoms with Gasteiger partial charge in [0.15, 0.2) is 0 Å². The highest BCUT2D eigenvalue weighted by atomic mass is 16.2. The Morgan fingerprint density at radius 1 is 1.07 bits per heavy atom. The predicted octanol–water partition coefficient (Wildman–Crippen LogP) is 2.27. The van der Waals surface area contributed by atoms with Crippen molar-refractivity contribution < 1.29 is 14.4 Å². The van der Waals surface area contributed by atoms with Crippen molar-refractivity contribution in [3.63, 3.8) is 0 Å². The van der Waals surface area contributed by atoms with Gasteiger partial charge in [-0.3, -0.25) is 9.59 Å². The van der Waals surface area contributed by atoms with Crippen LogP contribution in [0.1, 0.15) is 44.9 Å². The van der Waals surface area contributed by atoms with Crippen molar-refractivity contribution in [1.29, 1.82) is 0 Å². The molecule has 7 heteroatoms. The fourth-order valence-electron chi connectivity index (χ4n) is 4.97. The Hall–Kier alpha value is -2.41. The molecular weight excluding hydrogens is 368 g/mol. The molecule has 3 saturated heterocycles. The molecule has 1 aromatic rings. The monoisotopic (exact) mass is 398 g/mol. The molecule has 0 bridgehead atoms. The highest BCUT2D eigenvalue weighted by Crippen LogP contribution is 2.30. The number of benzene rings is 1. The van der Waals surface area contributed by atoms with Gasteiger partial charge in [-0.1, -0.05) is 24.6 Å². The first kappa shape index (κ1) is 19.9. The minimum absolute atomic E-state index is 0.0434. The lowest BCUT2D eigenvalue weighted by molar-refractivity contribution is -0.122. The number of amides is 4. The van der Waals surface area contributed by atoms with Crippen molar-refractivity contribution in [1.82, 2.24) is 15.5 Å². The molecule has 0 aromatic heterocycles. The van der Waals surface area contributed by atoms with E-state index in [4.69, 9.17) is 0 Å². The zero-order chi connectivity index (χ0) is 20.2. The molecule has 1 aromatic carbocycles. The van der Waals surface area contributed by atoms with Crippen LogP contribution in [0.15, 0.2) is 30.3 Å². The molecule has 2 N–H and O–H groups in total. The third-order valence-electron chi connectivity index (χ3n) is 6.48. The number of rotatable bonds is 6. The van der Waals surface area contributed by atoms with Gasteiger partial charge in [0.2, 0.25) is 5.91 Å². The van der Waals surface area contributed by atoms with Gasteiger partial charge in [-0.05, 0) is 63.2 Å². The summed E-state index contributed by atoms with van der Waals surface area (Å²) in [4.78, 5) is 40.9. The van der Waals surface area contributed by atoms with Gasteiger partial charge in [-0.2, -0.15) is 0 Å². The van der Waals surface area contributed by atoms with Crippen molar-refractivity contribution in [3.05, 3.63) is 30.3 Å². The molecule has 29 heavy (non-hydrogen) atoms. The normalized spacial score (nSPS) is 27.4. The maximum Gasteiger partial charge on any atom is 0.329 e. The molecule has 156 valence electrons. The molecule has 0 aliphatic carbocycles. The van der Waals surface area contributed by atoms with E-state index in [1.807, 2.05) is 6.07 Å². The Kier molecular flexibility index (Phi) is 6.13. The first-order valence-electron chi connectivity index (χ1n) is 10.8. The van der Waals surface area contributed by atoms with Crippen LogP contribution in [0.25, 0.3) is 0 Å². The Morgan fingerprint density at radius 2 is 1.86 bits per heavy atom. The van der Waals surface area contributed by atoms with Gasteiger partial charge in [0.25, 0.3) is 5.91 Å². The van der Waals surface area contributed by atoms with Crippen molar-refractivity contribution in [2.24, 2.45) is 5.92 Å². The third-order valence-corrected chi connectivity index (χ3v) is 6.48. The second kappa shape index (κ2) is 8.95. The largest absolute Gasteiger partial charge is 0.356 e. The van der Waals surface area contributed by atoms with Crippen LogP contribution in [0.4, 0.5) is 10.5 Å². The summed E-state index contributed by atoms with van der Waals surface area (Å²) in [6.07, 6.45) is 6.74. The lowest BCUT2D eigenvalue weighted by Crippen LogP contribution is -2.51. The number of fused-ring (bicyclic) bond motifs is 1. The summed E-state index contributed by atoms with van der Waals surface area (Å²) < 4.78 is 0. The average Bonchev–Trinajstić information content (AvgIpc) is 3.04. The van der Waals surface area contributed by atoms with E-state index in [0.717, 1.165) is 4.90 Å². The maximum absolute atomic E-state index is 12.6. The summed E-state index contributed by atoms with van der Waals surface area (Å²) in [6, 6.07) is 8.40. The van der Waals surface area contributed by atoms with E-state index < -0.39 is 12.1 Å². The molecule has 4 rings (SSSR count). The SMILES string of the molecule is O=C(CC[C@@H]1NC(=O)N(c2ccccc2)C1=O)NC[C@H]1CCCN2CCCC[C@@H]12. The number of carbonyl (C=O) groups is 3. The number of carbonyl (C=O) groups excluding carboxylic acids is 3. The van der Waals surface area contributed by atoms with E-state index in [2.05, 4.69) is 15.5 Å². The van der Waals surface area contributed by atoms with Gasteiger partial charge in [0.1, 0.15) is 6.04 Å². The fourth-order valence-corrected chi connectivity index (χ4v) is 4.97. The van der Waals surface area contributed by atoms with Crippen molar-refractivity contribution >= 4 is 23.5 Å². The number of imide groups is 1. The lowest BCUT2D eigenvalue weighted by Gasteiger charge is -2.44. The summed E-state index contributed by atoms with van der Waals surface area (Å²) >= 11 is 0. The van der Waals surface area contributed by atoms with Gasteiger partial charge in [-0.15, -0.1) is 0 Å². The average molecular weight is 399 g/mol. The number of nitrogens with zero attached hydrogens (tertiary/aromatic N) is 2. The van der Waals surface area contributed by atoms with Crippen LogP contribution in [0.2, 0.25) is 0 Å². The smallest absolute Gasteiger partial charge is 0.329 e. The van der Waals surface area contributed by atoms with Crippen LogP contribution in [0.5, 0.6) is 0 Å². The topological polar surface area (TPSA) is 81.8 Å². The van der Waals surface area contributed by atoms with Crippen LogP contribution in [-0.2, 0) is 9.59 Å². The number of para-hydroxylation sites is 1. The van der Waals surface area contributed by atoms with Gasteiger partial charge >= 0.3 is 6.03 Å². The first-order valence-corrected chi connectivity index (χ1v) is 10.8. The number of hydrogen-bond donors (Lipinski definition) is 2. The Balaban J connectivity index is 1.24. The van der Waals surface area contributed by atoms with Crippen LogP contribution >= 0.6 is 0 Å². The number of anilines is 1. The van der Waals surface area contributed by atoms with Crippen molar-refractivity contribution in [3.8, 4) is 0 Å². The van der Waals surface area contributed by atoms with Crippen molar-refractivity contribution in [2.75, 3.05) is 24.5 Å². The summed E-state index contributed by atoms with van der Waals surface area (Å²) in [6.45, 7) is 3.09. The predicted molar refractivity (Wildman–Crippen MR) is 110 cm³/mol. The number of nitrogens with one attached hydrogen (secondary N) is 2. The number of urea groups is 1. The first-order chi connectivity index (χ1) is 14.1. The molecule has 3 aliphatic heterocycles. The Morgan fingerprint density at radius 3 is 2.69 bits per heavy atom. The van der Waals surface area contributed by atoms with Crippen LogP contribution in [-0.4, -0.2) is 54.5 Å². The summed E-state index contributed by atoms with van der Waals surface area (Å²) in [5.41, 5.74) is 0.552. The summed E-state index contributed by atoms with van der Waals surface area (Å²) in [5, 5.41) is 5.78. The molecule has 0 radical (unpaired) electrons. The summed E-state index contributed by atoms with van der Waals surface area (Å²) in [5.74, 6) is 0.187. The zero-order valence-electron chi connectivity index (χ0n) is 16.8. The molecule has 0 unspecified atom stereocenters. The lowest BCUT2D eigenvalue weighted by atomic mass is 9.83. The van der Waals surface area contributed by atoms with E-state index in [1.165, 1.54) is 45.2 Å². The molecular formula is C22H30N4O3. The van der Waals surface area contributed by atoms with Gasteiger partial charge < -0.3 is 15.5 Å². The minimum Gasteiger partial charge on any atom is -0.356 e. The minimum atomic E-state index is -0.642. The molecule has 3 fully saturated rings. The Bertz CT molecular complexity index is 752. The molecule has 0 saturated carbocycles. The molecule has 4 amide bonds. The Labute approximate surface area is 171 Å². The van der Waals surface area contributed by atoms with E-state index in [-0.39, 0.29) is 18.2 Å². The number of hydrogen-bond acceptors (Lipinski definition) is 4.